The molecule has 0 aliphatic carbocycles. The molecule has 2 aliphatic heterocycles. The molecular formula is C18H26FN3O3S. The average molecular weight is 383 g/mol. The molecule has 6 nitrogen and oxygen atoms in total. The van der Waals surface area contributed by atoms with Gasteiger partial charge in [-0.3, -0.25) is 9.69 Å². The zero-order chi connectivity index (χ0) is 18.7. The van der Waals surface area contributed by atoms with E-state index in [0.717, 1.165) is 25.6 Å². The third-order valence-corrected chi connectivity index (χ3v) is 7.03. The van der Waals surface area contributed by atoms with Crippen LogP contribution in [0.3, 0.4) is 0 Å². The third-order valence-electron chi connectivity index (χ3n) is 5.13. The first kappa shape index (κ1) is 19.3. The molecule has 144 valence electrons. The molecule has 1 aromatic rings. The number of nitrogens with zero attached hydrogens (tertiary/aromatic N) is 3. The first-order chi connectivity index (χ1) is 12.4. The van der Waals surface area contributed by atoms with Crippen LogP contribution in [0.2, 0.25) is 0 Å². The van der Waals surface area contributed by atoms with E-state index >= 15 is 0 Å². The number of carbonyl (C=O) groups is 1. The molecular weight excluding hydrogens is 357 g/mol. The van der Waals surface area contributed by atoms with Crippen LogP contribution in [0.1, 0.15) is 19.8 Å². The number of hydrogen-bond donors (Lipinski definition) is 0. The highest BCUT2D eigenvalue weighted by Crippen LogP contribution is 2.19. The van der Waals surface area contributed by atoms with Gasteiger partial charge in [0.05, 0.1) is 11.4 Å². The molecule has 26 heavy (non-hydrogen) atoms. The minimum Gasteiger partial charge on any atom is -0.341 e. The van der Waals surface area contributed by atoms with Crippen molar-refractivity contribution in [3.8, 4) is 0 Å². The number of hydrogen-bond acceptors (Lipinski definition) is 4. The third kappa shape index (κ3) is 4.42. The second-order valence-electron chi connectivity index (χ2n) is 7.22. The summed E-state index contributed by atoms with van der Waals surface area (Å²) in [4.78, 5) is 16.4. The molecule has 1 atom stereocenters. The predicted octanol–water partition coefficient (Wildman–Crippen LogP) is 1.39. The van der Waals surface area contributed by atoms with E-state index < -0.39 is 15.8 Å². The molecule has 3 rings (SSSR count). The van der Waals surface area contributed by atoms with Crippen molar-refractivity contribution in [1.29, 1.82) is 0 Å². The monoisotopic (exact) mass is 383 g/mol. The van der Waals surface area contributed by atoms with Gasteiger partial charge in [0.15, 0.2) is 0 Å². The maximum Gasteiger partial charge on any atom is 0.243 e. The van der Waals surface area contributed by atoms with E-state index in [2.05, 4.69) is 6.92 Å². The quantitative estimate of drug-likeness (QED) is 0.788. The highest BCUT2D eigenvalue weighted by molar-refractivity contribution is 7.89. The smallest absolute Gasteiger partial charge is 0.243 e. The highest BCUT2D eigenvalue weighted by atomic mass is 32.2. The van der Waals surface area contributed by atoms with Crippen molar-refractivity contribution in [2.75, 3.05) is 45.8 Å². The fraction of sp³-hybridized carbons (Fsp3) is 0.611. The van der Waals surface area contributed by atoms with E-state index in [-0.39, 0.29) is 10.8 Å². The molecule has 8 heteroatoms. The Morgan fingerprint density at radius 3 is 2.58 bits per heavy atom. The molecule has 0 spiro atoms. The van der Waals surface area contributed by atoms with Gasteiger partial charge in [-0.15, -0.1) is 0 Å². The molecule has 0 bridgehead atoms. The fourth-order valence-corrected chi connectivity index (χ4v) is 5.07. The number of carbonyl (C=O) groups excluding carboxylic acids is 1. The summed E-state index contributed by atoms with van der Waals surface area (Å²) in [6.45, 7) is 5.75. The number of rotatable bonds is 4. The zero-order valence-corrected chi connectivity index (χ0v) is 15.9. The summed E-state index contributed by atoms with van der Waals surface area (Å²) < 4.78 is 39.9. The molecule has 0 N–H and O–H groups in total. The molecule has 2 fully saturated rings. The Morgan fingerprint density at radius 2 is 1.92 bits per heavy atom. The van der Waals surface area contributed by atoms with Gasteiger partial charge in [-0.25, -0.2) is 12.8 Å². The summed E-state index contributed by atoms with van der Waals surface area (Å²) in [6.07, 6.45) is 2.22. The number of halogens is 1. The summed E-state index contributed by atoms with van der Waals surface area (Å²) in [5.74, 6) is 0.102. The van der Waals surface area contributed by atoms with Gasteiger partial charge in [-0.05, 0) is 37.0 Å². The van der Waals surface area contributed by atoms with Gasteiger partial charge < -0.3 is 4.90 Å². The second kappa shape index (κ2) is 8.02. The van der Waals surface area contributed by atoms with E-state index in [0.29, 0.717) is 38.6 Å². The van der Waals surface area contributed by atoms with Crippen LogP contribution in [0, 0.1) is 11.7 Å². The lowest BCUT2D eigenvalue weighted by Crippen LogP contribution is -2.52. The fourth-order valence-electron chi connectivity index (χ4n) is 3.61. The van der Waals surface area contributed by atoms with E-state index in [9.17, 15) is 17.6 Å². The summed E-state index contributed by atoms with van der Waals surface area (Å²) in [5, 5.41) is 0. The van der Waals surface area contributed by atoms with Crippen LogP contribution in [0.4, 0.5) is 4.39 Å². The molecule has 2 saturated heterocycles. The molecule has 0 saturated carbocycles. The van der Waals surface area contributed by atoms with Crippen molar-refractivity contribution in [3.05, 3.63) is 30.1 Å². The standard InChI is InChI=1S/C18H26FN3O3S/c1-15-4-3-7-21(13-15)18(23)14-20-8-10-22(11-9-20)26(24,25)17-6-2-5-16(19)12-17/h2,5-6,12,15H,3-4,7-11,13-14H2,1H3/t15-/m1/s1. The van der Waals surface area contributed by atoms with Crippen molar-refractivity contribution in [1.82, 2.24) is 14.1 Å². The number of piperazine rings is 1. The predicted molar refractivity (Wildman–Crippen MR) is 96.6 cm³/mol. The molecule has 2 aliphatic rings. The lowest BCUT2D eigenvalue weighted by Gasteiger charge is -2.36. The molecule has 0 unspecified atom stereocenters. The zero-order valence-electron chi connectivity index (χ0n) is 15.1. The lowest BCUT2D eigenvalue weighted by atomic mass is 10.0. The Bertz CT molecular complexity index is 748. The first-order valence-electron chi connectivity index (χ1n) is 9.12. The molecule has 1 aromatic carbocycles. The Kier molecular flexibility index (Phi) is 5.94. The number of sulfonamides is 1. The first-order valence-corrected chi connectivity index (χ1v) is 10.6. The normalized spacial score (nSPS) is 23.2. The van der Waals surface area contributed by atoms with Crippen LogP contribution in [-0.2, 0) is 14.8 Å². The van der Waals surface area contributed by atoms with Crippen LogP contribution >= 0.6 is 0 Å². The van der Waals surface area contributed by atoms with Gasteiger partial charge >= 0.3 is 0 Å². The van der Waals surface area contributed by atoms with Crippen molar-refractivity contribution >= 4 is 15.9 Å². The molecule has 2 heterocycles. The summed E-state index contributed by atoms with van der Waals surface area (Å²) in [7, 11) is -3.69. The van der Waals surface area contributed by atoms with Crippen molar-refractivity contribution in [3.63, 3.8) is 0 Å². The largest absolute Gasteiger partial charge is 0.341 e. The second-order valence-corrected chi connectivity index (χ2v) is 9.16. The van der Waals surface area contributed by atoms with E-state index in [4.69, 9.17) is 0 Å². The number of amides is 1. The van der Waals surface area contributed by atoms with Gasteiger partial charge in [0, 0.05) is 39.3 Å². The van der Waals surface area contributed by atoms with Gasteiger partial charge in [0.1, 0.15) is 5.82 Å². The van der Waals surface area contributed by atoms with E-state index in [1.807, 2.05) is 9.80 Å². The lowest BCUT2D eigenvalue weighted by molar-refractivity contribution is -0.134. The molecule has 0 radical (unpaired) electrons. The summed E-state index contributed by atoms with van der Waals surface area (Å²) in [6, 6.07) is 5.08. The van der Waals surface area contributed by atoms with Crippen LogP contribution in [0.15, 0.2) is 29.2 Å². The van der Waals surface area contributed by atoms with E-state index in [1.165, 1.54) is 28.9 Å². The number of likely N-dealkylation sites (tertiary alicyclic amines) is 1. The van der Waals surface area contributed by atoms with Crippen LogP contribution in [0.5, 0.6) is 0 Å². The summed E-state index contributed by atoms with van der Waals surface area (Å²) in [5.41, 5.74) is 0. The SMILES string of the molecule is C[C@@H]1CCCN(C(=O)CN2CCN(S(=O)(=O)c3cccc(F)c3)CC2)C1. The van der Waals surface area contributed by atoms with Crippen LogP contribution in [-0.4, -0.2) is 74.2 Å². The maximum absolute atomic E-state index is 13.3. The van der Waals surface area contributed by atoms with Gasteiger partial charge in [-0.2, -0.15) is 4.31 Å². The van der Waals surface area contributed by atoms with Crippen molar-refractivity contribution in [2.24, 2.45) is 5.92 Å². The van der Waals surface area contributed by atoms with Crippen molar-refractivity contribution in [2.45, 2.75) is 24.7 Å². The Labute approximate surface area is 154 Å². The van der Waals surface area contributed by atoms with Gasteiger partial charge in [0.25, 0.3) is 0 Å². The topological polar surface area (TPSA) is 60.9 Å². The van der Waals surface area contributed by atoms with Crippen molar-refractivity contribution < 1.29 is 17.6 Å². The Hall–Kier alpha value is -1.51. The van der Waals surface area contributed by atoms with E-state index in [1.54, 1.807) is 0 Å². The highest BCUT2D eigenvalue weighted by Gasteiger charge is 2.30. The van der Waals surface area contributed by atoms with Gasteiger partial charge in [-0.1, -0.05) is 13.0 Å². The Morgan fingerprint density at radius 1 is 1.19 bits per heavy atom. The Balaban J connectivity index is 1.55. The minimum atomic E-state index is -3.69. The molecule has 0 aromatic heterocycles. The maximum atomic E-state index is 13.3. The van der Waals surface area contributed by atoms with Gasteiger partial charge in [0.2, 0.25) is 15.9 Å². The number of piperidine rings is 1. The number of benzene rings is 1. The van der Waals surface area contributed by atoms with Crippen LogP contribution in [0.25, 0.3) is 0 Å². The minimum absolute atomic E-state index is 0.0238. The average Bonchev–Trinajstić information content (AvgIpc) is 2.62. The summed E-state index contributed by atoms with van der Waals surface area (Å²) >= 11 is 0. The molecule has 1 amide bonds. The van der Waals surface area contributed by atoms with Crippen LogP contribution < -0.4 is 0 Å².